The van der Waals surface area contributed by atoms with Crippen LogP contribution in [-0.2, 0) is 4.79 Å². The van der Waals surface area contributed by atoms with E-state index in [0.29, 0.717) is 18.6 Å². The standard InChI is InChI=1S/C13H14ClF2NO3/c1-3-6(2)11(13(19)20)17-12(18)7-4-9(15)10(16)5-8(7)14/h4-6,11H,3H2,1-2H3,(H,17,18)(H,19,20)/t6-,11-/m0/s1. The average molecular weight is 306 g/mol. The van der Waals surface area contributed by atoms with Crippen molar-refractivity contribution in [3.05, 3.63) is 34.4 Å². The van der Waals surface area contributed by atoms with E-state index in [2.05, 4.69) is 5.32 Å². The van der Waals surface area contributed by atoms with Gasteiger partial charge in [0.15, 0.2) is 11.6 Å². The fraction of sp³-hybridized carbons (Fsp3) is 0.385. The van der Waals surface area contributed by atoms with E-state index in [-0.39, 0.29) is 16.5 Å². The molecule has 0 aliphatic heterocycles. The summed E-state index contributed by atoms with van der Waals surface area (Å²) in [6.07, 6.45) is 0.531. The van der Waals surface area contributed by atoms with Crippen LogP contribution in [0, 0.1) is 17.6 Å². The molecule has 0 fully saturated rings. The Bertz CT molecular complexity index is 537. The van der Waals surface area contributed by atoms with Crippen molar-refractivity contribution in [2.45, 2.75) is 26.3 Å². The summed E-state index contributed by atoms with van der Waals surface area (Å²) >= 11 is 5.66. The average Bonchev–Trinajstić information content (AvgIpc) is 2.38. The van der Waals surface area contributed by atoms with Gasteiger partial charge in [-0.05, 0) is 18.1 Å². The predicted molar refractivity (Wildman–Crippen MR) is 69.7 cm³/mol. The van der Waals surface area contributed by atoms with Crippen LogP contribution in [0.5, 0.6) is 0 Å². The largest absolute Gasteiger partial charge is 0.480 e. The van der Waals surface area contributed by atoms with E-state index in [4.69, 9.17) is 16.7 Å². The highest BCUT2D eigenvalue weighted by molar-refractivity contribution is 6.33. The second kappa shape index (κ2) is 6.65. The quantitative estimate of drug-likeness (QED) is 0.822. The SMILES string of the molecule is CC[C@H](C)[C@H](NC(=O)c1cc(F)c(F)cc1Cl)C(=O)O. The molecule has 20 heavy (non-hydrogen) atoms. The Morgan fingerprint density at radius 3 is 2.40 bits per heavy atom. The number of halogens is 3. The first kappa shape index (κ1) is 16.4. The Kier molecular flexibility index (Phi) is 5.44. The number of carbonyl (C=O) groups is 2. The van der Waals surface area contributed by atoms with E-state index in [9.17, 15) is 18.4 Å². The van der Waals surface area contributed by atoms with E-state index in [0.717, 1.165) is 0 Å². The molecule has 1 amide bonds. The van der Waals surface area contributed by atoms with Crippen molar-refractivity contribution in [2.75, 3.05) is 0 Å². The number of benzene rings is 1. The second-order valence-electron chi connectivity index (χ2n) is 4.42. The molecule has 0 saturated carbocycles. The number of carboxylic acids is 1. The zero-order valence-electron chi connectivity index (χ0n) is 10.9. The lowest BCUT2D eigenvalue weighted by molar-refractivity contribution is -0.140. The van der Waals surface area contributed by atoms with Crippen LogP contribution in [0.1, 0.15) is 30.6 Å². The molecule has 0 radical (unpaired) electrons. The van der Waals surface area contributed by atoms with Gasteiger partial charge in [-0.15, -0.1) is 0 Å². The van der Waals surface area contributed by atoms with Gasteiger partial charge in [0.25, 0.3) is 5.91 Å². The predicted octanol–water partition coefficient (Wildman–Crippen LogP) is 2.85. The molecule has 0 saturated heterocycles. The van der Waals surface area contributed by atoms with E-state index in [1.165, 1.54) is 0 Å². The number of rotatable bonds is 5. The molecular weight excluding hydrogens is 292 g/mol. The Hall–Kier alpha value is -1.69. The summed E-state index contributed by atoms with van der Waals surface area (Å²) in [5.41, 5.74) is -0.305. The molecule has 110 valence electrons. The first-order valence-electron chi connectivity index (χ1n) is 5.96. The molecule has 2 atom stereocenters. The van der Waals surface area contributed by atoms with Crippen LogP contribution < -0.4 is 5.32 Å². The molecule has 1 aromatic carbocycles. The van der Waals surface area contributed by atoms with Crippen molar-refractivity contribution < 1.29 is 23.5 Å². The van der Waals surface area contributed by atoms with Gasteiger partial charge in [-0.2, -0.15) is 0 Å². The van der Waals surface area contributed by atoms with Crippen LogP contribution in [-0.4, -0.2) is 23.0 Å². The van der Waals surface area contributed by atoms with Gasteiger partial charge < -0.3 is 10.4 Å². The maximum Gasteiger partial charge on any atom is 0.326 e. The maximum absolute atomic E-state index is 13.1. The van der Waals surface area contributed by atoms with Crippen LogP contribution in [0.15, 0.2) is 12.1 Å². The zero-order chi connectivity index (χ0) is 15.4. The third-order valence-corrected chi connectivity index (χ3v) is 3.33. The molecule has 1 rings (SSSR count). The summed E-state index contributed by atoms with van der Waals surface area (Å²) in [4.78, 5) is 23.0. The highest BCUT2D eigenvalue weighted by Crippen LogP contribution is 2.20. The highest BCUT2D eigenvalue weighted by atomic mass is 35.5. The smallest absolute Gasteiger partial charge is 0.326 e. The molecule has 0 bridgehead atoms. The lowest BCUT2D eigenvalue weighted by Gasteiger charge is -2.20. The van der Waals surface area contributed by atoms with Crippen molar-refractivity contribution in [2.24, 2.45) is 5.92 Å². The Labute approximate surface area is 119 Å². The van der Waals surface area contributed by atoms with E-state index >= 15 is 0 Å². The van der Waals surface area contributed by atoms with Crippen molar-refractivity contribution in [1.29, 1.82) is 0 Å². The third-order valence-electron chi connectivity index (χ3n) is 3.02. The molecule has 4 nitrogen and oxygen atoms in total. The minimum Gasteiger partial charge on any atom is -0.480 e. The Balaban J connectivity index is 3.01. The summed E-state index contributed by atoms with van der Waals surface area (Å²) < 4.78 is 26.0. The van der Waals surface area contributed by atoms with E-state index in [1.807, 2.05) is 0 Å². The van der Waals surface area contributed by atoms with Gasteiger partial charge in [0.05, 0.1) is 10.6 Å². The van der Waals surface area contributed by atoms with Crippen LogP contribution in [0.3, 0.4) is 0 Å². The maximum atomic E-state index is 13.1. The van der Waals surface area contributed by atoms with Crippen molar-refractivity contribution in [1.82, 2.24) is 5.32 Å². The Morgan fingerprint density at radius 2 is 1.90 bits per heavy atom. The molecular formula is C13H14ClF2NO3. The molecule has 1 aromatic rings. The van der Waals surface area contributed by atoms with Crippen molar-refractivity contribution >= 4 is 23.5 Å². The number of nitrogens with one attached hydrogen (secondary N) is 1. The second-order valence-corrected chi connectivity index (χ2v) is 4.83. The van der Waals surface area contributed by atoms with Crippen LogP contribution in [0.2, 0.25) is 5.02 Å². The van der Waals surface area contributed by atoms with Gasteiger partial charge in [-0.3, -0.25) is 4.79 Å². The molecule has 7 heteroatoms. The first-order valence-corrected chi connectivity index (χ1v) is 6.33. The monoisotopic (exact) mass is 305 g/mol. The zero-order valence-corrected chi connectivity index (χ0v) is 11.7. The number of aliphatic carboxylic acids is 1. The van der Waals surface area contributed by atoms with Crippen LogP contribution in [0.25, 0.3) is 0 Å². The Morgan fingerprint density at radius 1 is 1.35 bits per heavy atom. The lowest BCUT2D eigenvalue weighted by Crippen LogP contribution is -2.45. The third kappa shape index (κ3) is 3.66. The molecule has 0 unspecified atom stereocenters. The number of hydrogen-bond acceptors (Lipinski definition) is 2. The van der Waals surface area contributed by atoms with Gasteiger partial charge >= 0.3 is 5.97 Å². The summed E-state index contributed by atoms with van der Waals surface area (Å²) in [7, 11) is 0. The van der Waals surface area contributed by atoms with Crippen LogP contribution in [0.4, 0.5) is 8.78 Å². The first-order chi connectivity index (χ1) is 9.27. The lowest BCUT2D eigenvalue weighted by atomic mass is 9.99. The minimum absolute atomic E-state index is 0.283. The molecule has 0 spiro atoms. The fourth-order valence-corrected chi connectivity index (χ4v) is 1.83. The highest BCUT2D eigenvalue weighted by Gasteiger charge is 2.27. The van der Waals surface area contributed by atoms with Gasteiger partial charge in [0.2, 0.25) is 0 Å². The molecule has 2 N–H and O–H groups in total. The number of hydrogen-bond donors (Lipinski definition) is 2. The van der Waals surface area contributed by atoms with E-state index in [1.54, 1.807) is 13.8 Å². The minimum atomic E-state index is -1.23. The van der Waals surface area contributed by atoms with E-state index < -0.39 is 29.6 Å². The molecule has 0 heterocycles. The summed E-state index contributed by atoms with van der Waals surface area (Å²) in [5, 5.41) is 11.0. The summed E-state index contributed by atoms with van der Waals surface area (Å²) in [6.45, 7) is 3.43. The summed E-state index contributed by atoms with van der Waals surface area (Å²) in [5.74, 6) is -4.79. The number of amides is 1. The fourth-order valence-electron chi connectivity index (χ4n) is 1.60. The summed E-state index contributed by atoms with van der Waals surface area (Å²) in [6, 6.07) is 0.185. The van der Waals surface area contributed by atoms with Crippen molar-refractivity contribution in [3.8, 4) is 0 Å². The normalized spacial score (nSPS) is 13.7. The molecule has 0 aromatic heterocycles. The molecule has 0 aliphatic rings. The number of carbonyl (C=O) groups excluding carboxylic acids is 1. The number of carboxylic acid groups (broad SMARTS) is 1. The van der Waals surface area contributed by atoms with Gasteiger partial charge in [0.1, 0.15) is 6.04 Å². The van der Waals surface area contributed by atoms with Gasteiger partial charge in [0, 0.05) is 0 Å². The van der Waals surface area contributed by atoms with Crippen LogP contribution >= 0.6 is 11.6 Å². The van der Waals surface area contributed by atoms with Gasteiger partial charge in [-0.25, -0.2) is 13.6 Å². The topological polar surface area (TPSA) is 66.4 Å². The van der Waals surface area contributed by atoms with Crippen molar-refractivity contribution in [3.63, 3.8) is 0 Å². The molecule has 0 aliphatic carbocycles. The van der Waals surface area contributed by atoms with Gasteiger partial charge in [-0.1, -0.05) is 31.9 Å².